The third kappa shape index (κ3) is 6.58. The fourth-order valence-corrected chi connectivity index (χ4v) is 5.89. The van der Waals surface area contributed by atoms with Crippen LogP contribution in [-0.4, -0.2) is 55.9 Å². The van der Waals surface area contributed by atoms with E-state index in [1.165, 1.54) is 5.56 Å². The van der Waals surface area contributed by atoms with Crippen LogP contribution in [0.25, 0.3) is 10.9 Å². The molecule has 7 nitrogen and oxygen atoms in total. The second-order valence-corrected chi connectivity index (χ2v) is 11.0. The van der Waals surface area contributed by atoms with Crippen LogP contribution in [0.1, 0.15) is 34.6 Å². The Hall–Kier alpha value is -4.75. The quantitative estimate of drug-likeness (QED) is 0.172. The molecule has 1 fully saturated rings. The second-order valence-electron chi connectivity index (χ2n) is 11.0. The molecule has 6 rings (SSSR count). The molecule has 44 heavy (non-hydrogen) atoms. The summed E-state index contributed by atoms with van der Waals surface area (Å²) >= 11 is 0. The molecule has 1 unspecified atom stereocenters. The molecule has 2 heterocycles. The van der Waals surface area contributed by atoms with Crippen LogP contribution in [0.2, 0.25) is 0 Å². The van der Waals surface area contributed by atoms with Crippen molar-refractivity contribution in [2.45, 2.75) is 25.5 Å². The molecule has 0 aliphatic carbocycles. The largest absolute Gasteiger partial charge is 0.497 e. The zero-order chi connectivity index (χ0) is 30.3. The van der Waals surface area contributed by atoms with Gasteiger partial charge in [-0.05, 0) is 52.6 Å². The zero-order valence-corrected chi connectivity index (χ0v) is 25.3. The first-order valence-corrected chi connectivity index (χ1v) is 15.0. The number of amides is 1. The molecule has 0 spiro atoms. The minimum Gasteiger partial charge on any atom is -0.497 e. The number of para-hydroxylation sites is 1. The van der Waals surface area contributed by atoms with Gasteiger partial charge in [0.05, 0.1) is 27.4 Å². The summed E-state index contributed by atoms with van der Waals surface area (Å²) in [6, 6.07) is 32.7. The van der Waals surface area contributed by atoms with E-state index in [1.54, 1.807) is 14.2 Å². The van der Waals surface area contributed by atoms with E-state index < -0.39 is 0 Å². The molecule has 5 aromatic rings. The van der Waals surface area contributed by atoms with Crippen LogP contribution in [0.15, 0.2) is 103 Å². The topological polar surface area (TPSA) is 62.2 Å². The molecule has 226 valence electrons. The normalized spacial score (nSPS) is 13.9. The summed E-state index contributed by atoms with van der Waals surface area (Å²) in [7, 11) is 3.33. The van der Waals surface area contributed by atoms with Gasteiger partial charge in [-0.2, -0.15) is 0 Å². The summed E-state index contributed by atoms with van der Waals surface area (Å²) < 4.78 is 25.1. The summed E-state index contributed by atoms with van der Waals surface area (Å²) in [6.07, 6.45) is 2.54. The predicted octanol–water partition coefficient (Wildman–Crippen LogP) is 6.67. The SMILES string of the molecule is COc1ccc(Cn2cc(C(CC(=O)N3CCOCC3)c3ccc(OCc4ccccc4)c(OC)c3)c3ccccc32)cc1. The maximum Gasteiger partial charge on any atom is 0.223 e. The van der Waals surface area contributed by atoms with E-state index in [1.807, 2.05) is 59.5 Å². The molecule has 1 aromatic heterocycles. The first-order valence-electron chi connectivity index (χ1n) is 15.0. The van der Waals surface area contributed by atoms with E-state index in [0.29, 0.717) is 57.4 Å². The minimum atomic E-state index is -0.190. The Labute approximate surface area is 258 Å². The van der Waals surface area contributed by atoms with Crippen molar-refractivity contribution in [1.29, 1.82) is 0 Å². The van der Waals surface area contributed by atoms with Crippen LogP contribution in [0.5, 0.6) is 17.2 Å². The molecular weight excluding hydrogens is 552 g/mol. The van der Waals surface area contributed by atoms with Crippen LogP contribution in [0.3, 0.4) is 0 Å². The van der Waals surface area contributed by atoms with Crippen molar-refractivity contribution in [3.63, 3.8) is 0 Å². The fraction of sp³-hybridized carbons (Fsp3) is 0.270. The van der Waals surface area contributed by atoms with Gasteiger partial charge >= 0.3 is 0 Å². The molecule has 0 saturated carbocycles. The van der Waals surface area contributed by atoms with Crippen LogP contribution < -0.4 is 14.2 Å². The molecule has 7 heteroatoms. The van der Waals surface area contributed by atoms with Crippen molar-refractivity contribution < 1.29 is 23.7 Å². The van der Waals surface area contributed by atoms with Gasteiger partial charge in [-0.3, -0.25) is 4.79 Å². The number of nitrogens with zero attached hydrogens (tertiary/aromatic N) is 2. The van der Waals surface area contributed by atoms with E-state index in [9.17, 15) is 4.79 Å². The lowest BCUT2D eigenvalue weighted by Gasteiger charge is -2.29. The number of aromatic nitrogens is 1. The molecule has 4 aromatic carbocycles. The summed E-state index contributed by atoms with van der Waals surface area (Å²) in [6.45, 7) is 3.50. The van der Waals surface area contributed by atoms with E-state index in [2.05, 4.69) is 53.2 Å². The maximum absolute atomic E-state index is 13.7. The number of fused-ring (bicyclic) bond motifs is 1. The van der Waals surface area contributed by atoms with Crippen molar-refractivity contribution in [2.75, 3.05) is 40.5 Å². The Kier molecular flexibility index (Phi) is 9.13. The first kappa shape index (κ1) is 29.3. The lowest BCUT2D eigenvalue weighted by atomic mass is 9.87. The van der Waals surface area contributed by atoms with Gasteiger partial charge in [0.15, 0.2) is 11.5 Å². The average Bonchev–Trinajstić information content (AvgIpc) is 3.45. The number of benzene rings is 4. The van der Waals surface area contributed by atoms with E-state index in [0.717, 1.165) is 33.3 Å². The van der Waals surface area contributed by atoms with Gasteiger partial charge in [0.2, 0.25) is 5.91 Å². The maximum atomic E-state index is 13.7. The summed E-state index contributed by atoms with van der Waals surface area (Å²) in [5, 5.41) is 1.13. The molecule has 1 amide bonds. The van der Waals surface area contributed by atoms with Gasteiger partial charge in [-0.15, -0.1) is 0 Å². The van der Waals surface area contributed by atoms with Crippen molar-refractivity contribution in [3.8, 4) is 17.2 Å². The number of rotatable bonds is 11. The number of hydrogen-bond acceptors (Lipinski definition) is 5. The van der Waals surface area contributed by atoms with Crippen LogP contribution in [-0.2, 0) is 22.7 Å². The molecule has 1 atom stereocenters. The molecule has 1 saturated heterocycles. The summed E-state index contributed by atoms with van der Waals surface area (Å²) in [5.74, 6) is 2.07. The lowest BCUT2D eigenvalue weighted by Crippen LogP contribution is -2.41. The van der Waals surface area contributed by atoms with Crippen LogP contribution in [0.4, 0.5) is 0 Å². The lowest BCUT2D eigenvalue weighted by molar-refractivity contribution is -0.135. The number of ether oxygens (including phenoxy) is 4. The van der Waals surface area contributed by atoms with Crippen molar-refractivity contribution >= 4 is 16.8 Å². The van der Waals surface area contributed by atoms with Gasteiger partial charge in [0.1, 0.15) is 12.4 Å². The third-order valence-corrected chi connectivity index (χ3v) is 8.28. The van der Waals surface area contributed by atoms with E-state index in [-0.39, 0.29) is 11.8 Å². The molecule has 0 radical (unpaired) electrons. The highest BCUT2D eigenvalue weighted by Gasteiger charge is 2.27. The summed E-state index contributed by atoms with van der Waals surface area (Å²) in [5.41, 5.74) is 5.48. The number of morpholine rings is 1. The van der Waals surface area contributed by atoms with E-state index in [4.69, 9.17) is 18.9 Å². The van der Waals surface area contributed by atoms with Gasteiger partial charge in [0.25, 0.3) is 0 Å². The van der Waals surface area contributed by atoms with Gasteiger partial charge in [-0.25, -0.2) is 0 Å². The molecule has 0 bridgehead atoms. The van der Waals surface area contributed by atoms with Gasteiger partial charge in [0, 0.05) is 49.1 Å². The average molecular weight is 591 g/mol. The fourth-order valence-electron chi connectivity index (χ4n) is 5.89. The Morgan fingerprint density at radius 1 is 0.818 bits per heavy atom. The molecule has 1 aliphatic rings. The first-order chi connectivity index (χ1) is 21.6. The summed E-state index contributed by atoms with van der Waals surface area (Å²) in [4.78, 5) is 15.6. The monoisotopic (exact) mass is 590 g/mol. The standard InChI is InChI=1S/C37H38N2O5/c1-41-30-15-12-27(13-16-30)24-39-25-33(31-10-6-7-11-34(31)39)32(23-37(40)38-18-20-43-21-19-38)29-14-17-35(36(22-29)42-2)44-26-28-8-4-3-5-9-28/h3-17,22,25,32H,18-21,23-24,26H2,1-2H3. The number of hydrogen-bond donors (Lipinski definition) is 0. The highest BCUT2D eigenvalue weighted by Crippen LogP contribution is 2.39. The number of methoxy groups -OCH3 is 2. The highest BCUT2D eigenvalue weighted by atomic mass is 16.5. The van der Waals surface area contributed by atoms with E-state index >= 15 is 0 Å². The smallest absolute Gasteiger partial charge is 0.223 e. The van der Waals surface area contributed by atoms with Gasteiger partial charge in [-0.1, -0.05) is 66.7 Å². The van der Waals surface area contributed by atoms with Crippen LogP contribution in [0, 0.1) is 0 Å². The molecular formula is C37H38N2O5. The number of carbonyl (C=O) groups is 1. The highest BCUT2D eigenvalue weighted by molar-refractivity contribution is 5.87. The third-order valence-electron chi connectivity index (χ3n) is 8.28. The Morgan fingerprint density at radius 3 is 2.32 bits per heavy atom. The van der Waals surface area contributed by atoms with Gasteiger partial charge < -0.3 is 28.4 Å². The Morgan fingerprint density at radius 2 is 1.57 bits per heavy atom. The molecule has 0 N–H and O–H groups in total. The van der Waals surface area contributed by atoms with Crippen LogP contribution >= 0.6 is 0 Å². The van der Waals surface area contributed by atoms with Crippen molar-refractivity contribution in [1.82, 2.24) is 9.47 Å². The predicted molar refractivity (Wildman–Crippen MR) is 172 cm³/mol. The minimum absolute atomic E-state index is 0.119. The van der Waals surface area contributed by atoms with Crippen molar-refractivity contribution in [3.05, 3.63) is 126 Å². The second kappa shape index (κ2) is 13.7. The Balaban J connectivity index is 1.37. The van der Waals surface area contributed by atoms with Crippen molar-refractivity contribution in [2.24, 2.45) is 0 Å². The zero-order valence-electron chi connectivity index (χ0n) is 25.3. The molecule has 1 aliphatic heterocycles. The number of carbonyl (C=O) groups excluding carboxylic acids is 1. The Bertz CT molecular complexity index is 1690.